The Morgan fingerprint density at radius 3 is 2.51 bits per heavy atom. The lowest BCUT2D eigenvalue weighted by Gasteiger charge is -2.26. The number of hydrogen-bond donors (Lipinski definition) is 2. The molecule has 2 aromatic heterocycles. The molecule has 1 aliphatic heterocycles. The predicted molar refractivity (Wildman–Crippen MR) is 143 cm³/mol. The molecule has 2 N–H and O–H groups in total. The van der Waals surface area contributed by atoms with E-state index in [0.29, 0.717) is 5.11 Å². The maximum absolute atomic E-state index is 11.4. The molecule has 1 aliphatic rings. The Labute approximate surface area is 213 Å². The van der Waals surface area contributed by atoms with Gasteiger partial charge in [-0.1, -0.05) is 35.5 Å². The van der Waals surface area contributed by atoms with Crippen molar-refractivity contribution < 1.29 is 9.21 Å². The molecule has 2 aromatic carbocycles. The Bertz CT molecular complexity index is 1340. The van der Waals surface area contributed by atoms with E-state index in [4.69, 9.17) is 16.6 Å². The van der Waals surface area contributed by atoms with Crippen molar-refractivity contribution in [2.75, 3.05) is 10.2 Å². The molecule has 35 heavy (non-hydrogen) atoms. The Morgan fingerprint density at radius 1 is 1.06 bits per heavy atom. The summed E-state index contributed by atoms with van der Waals surface area (Å²) in [6, 6.07) is 25.4. The van der Waals surface area contributed by atoms with E-state index in [0.717, 1.165) is 32.8 Å². The van der Waals surface area contributed by atoms with Gasteiger partial charge in [0.2, 0.25) is 5.91 Å². The molecule has 6 nitrogen and oxygen atoms in total. The second-order valence-corrected chi connectivity index (χ2v) is 9.76. The standard InChI is InChI=1S/C27H24N4O2S2/c1-17-6-12-21(13-7-17)35-24-15-14-23(33-24)26-25(22-5-3-4-16-28-22)30-27(34)31(26)20-10-8-19(9-11-20)29-18(2)32/h3-16,25-26H,1-2H3,(H,29,32)(H,30,34)/t25-,26+/m0/s1. The van der Waals surface area contributed by atoms with Gasteiger partial charge >= 0.3 is 0 Å². The van der Waals surface area contributed by atoms with E-state index in [2.05, 4.69) is 46.8 Å². The molecule has 3 heterocycles. The number of hydrogen-bond acceptors (Lipinski definition) is 5. The second kappa shape index (κ2) is 9.93. The first-order valence-electron chi connectivity index (χ1n) is 11.2. The fourth-order valence-corrected chi connectivity index (χ4v) is 5.23. The lowest BCUT2D eigenvalue weighted by Crippen LogP contribution is -2.29. The van der Waals surface area contributed by atoms with Crippen LogP contribution in [-0.4, -0.2) is 16.0 Å². The van der Waals surface area contributed by atoms with Crippen LogP contribution in [0, 0.1) is 6.92 Å². The second-order valence-electron chi connectivity index (χ2n) is 8.30. The number of benzene rings is 2. The van der Waals surface area contributed by atoms with Crippen LogP contribution < -0.4 is 15.5 Å². The van der Waals surface area contributed by atoms with E-state index < -0.39 is 0 Å². The molecule has 8 heteroatoms. The molecular weight excluding hydrogens is 476 g/mol. The SMILES string of the molecule is CC(=O)Nc1ccc(N2C(=S)N[C@@H](c3ccccn3)[C@H]2c2ccc(Sc3ccc(C)cc3)o2)cc1. The molecule has 176 valence electrons. The lowest BCUT2D eigenvalue weighted by atomic mass is 10.0. The first kappa shape index (κ1) is 23.1. The van der Waals surface area contributed by atoms with Crippen molar-refractivity contribution in [1.82, 2.24) is 10.3 Å². The van der Waals surface area contributed by atoms with Gasteiger partial charge in [0, 0.05) is 29.4 Å². The number of pyridine rings is 1. The number of furan rings is 1. The van der Waals surface area contributed by atoms with E-state index in [1.54, 1.807) is 18.0 Å². The molecule has 0 unspecified atom stereocenters. The van der Waals surface area contributed by atoms with Crippen LogP contribution in [0.1, 0.15) is 36.0 Å². The molecule has 0 spiro atoms. The zero-order valence-electron chi connectivity index (χ0n) is 19.3. The van der Waals surface area contributed by atoms with Gasteiger partial charge < -0.3 is 20.0 Å². The van der Waals surface area contributed by atoms with Crippen LogP contribution in [0.15, 0.2) is 99.5 Å². The number of rotatable bonds is 6. The van der Waals surface area contributed by atoms with Crippen molar-refractivity contribution in [3.05, 3.63) is 102 Å². The maximum Gasteiger partial charge on any atom is 0.221 e. The van der Waals surface area contributed by atoms with Gasteiger partial charge in [0.05, 0.1) is 11.7 Å². The van der Waals surface area contributed by atoms with Crippen LogP contribution in [-0.2, 0) is 4.79 Å². The molecule has 0 aliphatic carbocycles. The number of aryl methyl sites for hydroxylation is 1. The van der Waals surface area contributed by atoms with Crippen molar-refractivity contribution in [2.45, 2.75) is 35.9 Å². The average Bonchev–Trinajstić information content (AvgIpc) is 3.45. The van der Waals surface area contributed by atoms with Crippen molar-refractivity contribution >= 4 is 46.4 Å². The highest BCUT2D eigenvalue weighted by molar-refractivity contribution is 7.99. The molecule has 5 rings (SSSR count). The van der Waals surface area contributed by atoms with E-state index in [1.807, 2.05) is 59.5 Å². The summed E-state index contributed by atoms with van der Waals surface area (Å²) in [6.07, 6.45) is 1.78. The monoisotopic (exact) mass is 500 g/mol. The van der Waals surface area contributed by atoms with Crippen LogP contribution in [0.3, 0.4) is 0 Å². The molecule has 1 amide bonds. The van der Waals surface area contributed by atoms with Crippen LogP contribution in [0.2, 0.25) is 0 Å². The number of amides is 1. The molecule has 2 atom stereocenters. The van der Waals surface area contributed by atoms with E-state index in [-0.39, 0.29) is 18.0 Å². The number of anilines is 2. The molecule has 1 saturated heterocycles. The smallest absolute Gasteiger partial charge is 0.221 e. The number of nitrogens with zero attached hydrogens (tertiary/aromatic N) is 2. The maximum atomic E-state index is 11.4. The van der Waals surface area contributed by atoms with Crippen molar-refractivity contribution in [3.8, 4) is 0 Å². The summed E-state index contributed by atoms with van der Waals surface area (Å²) >= 11 is 7.36. The highest BCUT2D eigenvalue weighted by atomic mass is 32.2. The summed E-state index contributed by atoms with van der Waals surface area (Å²) in [5, 5.41) is 7.63. The van der Waals surface area contributed by atoms with Gasteiger partial charge in [-0.2, -0.15) is 0 Å². The summed E-state index contributed by atoms with van der Waals surface area (Å²) in [5.74, 6) is 0.673. The topological polar surface area (TPSA) is 70.4 Å². The van der Waals surface area contributed by atoms with Gasteiger partial charge in [0.25, 0.3) is 0 Å². The molecule has 0 radical (unpaired) electrons. The minimum absolute atomic E-state index is 0.113. The minimum atomic E-state index is -0.239. The highest BCUT2D eigenvalue weighted by Crippen LogP contribution is 2.43. The Kier molecular flexibility index (Phi) is 6.57. The molecule has 4 aromatic rings. The zero-order valence-corrected chi connectivity index (χ0v) is 20.9. The van der Waals surface area contributed by atoms with Gasteiger partial charge in [0.15, 0.2) is 10.2 Å². The highest BCUT2D eigenvalue weighted by Gasteiger charge is 2.42. The van der Waals surface area contributed by atoms with E-state index >= 15 is 0 Å². The van der Waals surface area contributed by atoms with Crippen molar-refractivity contribution in [1.29, 1.82) is 0 Å². The normalized spacial score (nSPS) is 17.3. The van der Waals surface area contributed by atoms with Gasteiger partial charge in [-0.25, -0.2) is 0 Å². The van der Waals surface area contributed by atoms with Gasteiger partial charge in [0.1, 0.15) is 11.8 Å². The van der Waals surface area contributed by atoms with Crippen LogP contribution in [0.4, 0.5) is 11.4 Å². The van der Waals surface area contributed by atoms with Crippen LogP contribution >= 0.6 is 24.0 Å². The van der Waals surface area contributed by atoms with Crippen LogP contribution in [0.25, 0.3) is 0 Å². The first-order valence-corrected chi connectivity index (χ1v) is 12.4. The quantitative estimate of drug-likeness (QED) is 0.302. The minimum Gasteiger partial charge on any atom is -0.452 e. The molecule has 1 fully saturated rings. The summed E-state index contributed by atoms with van der Waals surface area (Å²) in [5.41, 5.74) is 3.72. The Balaban J connectivity index is 1.49. The van der Waals surface area contributed by atoms with Crippen LogP contribution in [0.5, 0.6) is 0 Å². The van der Waals surface area contributed by atoms with Crippen molar-refractivity contribution in [2.24, 2.45) is 0 Å². The third kappa shape index (κ3) is 5.08. The Morgan fingerprint density at radius 2 is 1.83 bits per heavy atom. The van der Waals surface area contributed by atoms with Gasteiger partial charge in [-0.3, -0.25) is 9.78 Å². The first-order chi connectivity index (χ1) is 17.0. The third-order valence-electron chi connectivity index (χ3n) is 5.70. The van der Waals surface area contributed by atoms with E-state index in [9.17, 15) is 4.79 Å². The largest absolute Gasteiger partial charge is 0.452 e. The number of aromatic nitrogens is 1. The Hall–Kier alpha value is -3.62. The lowest BCUT2D eigenvalue weighted by molar-refractivity contribution is -0.114. The summed E-state index contributed by atoms with van der Waals surface area (Å²) in [6.45, 7) is 3.56. The summed E-state index contributed by atoms with van der Waals surface area (Å²) < 4.78 is 6.37. The number of thiocarbonyl (C=S) groups is 1. The fourth-order valence-electron chi connectivity index (χ4n) is 4.10. The van der Waals surface area contributed by atoms with Crippen molar-refractivity contribution in [3.63, 3.8) is 0 Å². The zero-order chi connectivity index (χ0) is 24.4. The average molecular weight is 501 g/mol. The molecule has 0 saturated carbocycles. The molecule has 0 bridgehead atoms. The number of carbonyl (C=O) groups is 1. The number of carbonyl (C=O) groups excluding carboxylic acids is 1. The summed E-state index contributed by atoms with van der Waals surface area (Å²) in [4.78, 5) is 19.2. The van der Waals surface area contributed by atoms with E-state index in [1.165, 1.54) is 12.5 Å². The number of nitrogens with one attached hydrogen (secondary N) is 2. The fraction of sp³-hybridized carbons (Fsp3) is 0.148. The van der Waals surface area contributed by atoms with Gasteiger partial charge in [-0.05, 0) is 79.8 Å². The summed E-state index contributed by atoms with van der Waals surface area (Å²) in [7, 11) is 0. The van der Waals surface area contributed by atoms with Gasteiger partial charge in [-0.15, -0.1) is 0 Å². The molecular formula is C27H24N4O2S2. The third-order valence-corrected chi connectivity index (χ3v) is 6.94. The predicted octanol–water partition coefficient (Wildman–Crippen LogP) is 6.27.